The van der Waals surface area contributed by atoms with E-state index in [0.717, 1.165) is 25.7 Å². The van der Waals surface area contributed by atoms with Gasteiger partial charge in [-0.2, -0.15) is 0 Å². The first-order valence-electron chi connectivity index (χ1n) is 5.51. The topological polar surface area (TPSA) is 21.3 Å². The summed E-state index contributed by atoms with van der Waals surface area (Å²) in [6.45, 7) is 11.5. The maximum atomic E-state index is 5.57. The average Bonchev–Trinajstić information content (AvgIpc) is 2.11. The zero-order valence-electron chi connectivity index (χ0n) is 9.60. The molecule has 80 valence electrons. The summed E-state index contributed by atoms with van der Waals surface area (Å²) < 4.78 is 5.57. The summed E-state index contributed by atoms with van der Waals surface area (Å²) in [7, 11) is 0. The predicted molar refractivity (Wildman–Crippen MR) is 58.0 cm³/mol. The molecule has 0 aromatic rings. The summed E-state index contributed by atoms with van der Waals surface area (Å²) in [5, 5.41) is 3.33. The Bertz CT molecular complexity index is 100. The molecule has 0 aromatic carbocycles. The fraction of sp³-hybridized carbons (Fsp3) is 1.00. The lowest BCUT2D eigenvalue weighted by Gasteiger charge is -2.13. The molecule has 0 rings (SSSR count). The quantitative estimate of drug-likeness (QED) is 0.589. The third-order valence-electron chi connectivity index (χ3n) is 2.31. The normalized spacial score (nSPS) is 11.5. The lowest BCUT2D eigenvalue weighted by molar-refractivity contribution is 0.0972. The van der Waals surface area contributed by atoms with E-state index in [1.165, 1.54) is 12.8 Å². The van der Waals surface area contributed by atoms with Crippen molar-refractivity contribution in [2.45, 2.75) is 46.6 Å². The molecule has 0 aliphatic heterocycles. The van der Waals surface area contributed by atoms with Crippen LogP contribution >= 0.6 is 0 Å². The molecule has 0 atom stereocenters. The molecule has 0 fully saturated rings. The highest BCUT2D eigenvalue weighted by atomic mass is 16.5. The Hall–Kier alpha value is -0.0800. The largest absolute Gasteiger partial charge is 0.380 e. The van der Waals surface area contributed by atoms with Gasteiger partial charge in [0, 0.05) is 19.2 Å². The molecule has 2 heteroatoms. The average molecular weight is 187 g/mol. The summed E-state index contributed by atoms with van der Waals surface area (Å²) >= 11 is 0. The van der Waals surface area contributed by atoms with E-state index in [-0.39, 0.29) is 0 Å². The summed E-state index contributed by atoms with van der Waals surface area (Å²) in [5.74, 6) is 0.749. The Kier molecular flexibility index (Phi) is 8.46. The van der Waals surface area contributed by atoms with Crippen LogP contribution in [0.3, 0.4) is 0 Å². The second kappa shape index (κ2) is 8.52. The van der Waals surface area contributed by atoms with Gasteiger partial charge in [0.25, 0.3) is 0 Å². The molecule has 13 heavy (non-hydrogen) atoms. The lowest BCUT2D eigenvalue weighted by Crippen LogP contribution is -2.27. The third-order valence-corrected chi connectivity index (χ3v) is 2.31. The number of hydrogen-bond donors (Lipinski definition) is 1. The van der Waals surface area contributed by atoms with Gasteiger partial charge in [-0.15, -0.1) is 0 Å². The fourth-order valence-corrected chi connectivity index (χ4v) is 1.19. The van der Waals surface area contributed by atoms with Gasteiger partial charge in [-0.05, 0) is 5.92 Å². The number of ether oxygens (including phenoxy) is 1. The monoisotopic (exact) mass is 187 g/mol. The van der Waals surface area contributed by atoms with E-state index in [4.69, 9.17) is 4.74 Å². The second-order valence-electron chi connectivity index (χ2n) is 3.87. The lowest BCUT2D eigenvalue weighted by atomic mass is 10.1. The van der Waals surface area contributed by atoms with E-state index in [2.05, 4.69) is 33.0 Å². The summed E-state index contributed by atoms with van der Waals surface area (Å²) in [4.78, 5) is 0. The van der Waals surface area contributed by atoms with Gasteiger partial charge in [0.05, 0.1) is 6.61 Å². The van der Waals surface area contributed by atoms with Crippen molar-refractivity contribution in [3.05, 3.63) is 0 Å². The maximum Gasteiger partial charge on any atom is 0.0591 e. The van der Waals surface area contributed by atoms with Gasteiger partial charge in [0.1, 0.15) is 0 Å². The molecule has 0 amide bonds. The van der Waals surface area contributed by atoms with Crippen LogP contribution in [-0.4, -0.2) is 25.8 Å². The van der Waals surface area contributed by atoms with Gasteiger partial charge < -0.3 is 10.1 Å². The Balaban J connectivity index is 3.14. The van der Waals surface area contributed by atoms with E-state index < -0.39 is 0 Å². The first-order valence-corrected chi connectivity index (χ1v) is 5.51. The van der Waals surface area contributed by atoms with Crippen LogP contribution < -0.4 is 5.32 Å². The molecule has 0 aromatic heterocycles. The minimum atomic E-state index is 0.566. The van der Waals surface area contributed by atoms with Crippen molar-refractivity contribution < 1.29 is 4.74 Å². The van der Waals surface area contributed by atoms with Crippen molar-refractivity contribution in [2.24, 2.45) is 5.92 Å². The van der Waals surface area contributed by atoms with Crippen LogP contribution in [0.1, 0.15) is 40.5 Å². The van der Waals surface area contributed by atoms with E-state index >= 15 is 0 Å². The van der Waals surface area contributed by atoms with Gasteiger partial charge >= 0.3 is 0 Å². The molecule has 1 N–H and O–H groups in total. The highest BCUT2D eigenvalue weighted by molar-refractivity contribution is 4.54. The van der Waals surface area contributed by atoms with E-state index in [0.29, 0.717) is 6.04 Å². The molecule has 0 aliphatic rings. The Labute approximate surface area is 83.1 Å². The van der Waals surface area contributed by atoms with Crippen LogP contribution in [0.2, 0.25) is 0 Å². The van der Waals surface area contributed by atoms with E-state index in [1.807, 2.05) is 0 Å². The van der Waals surface area contributed by atoms with Crippen molar-refractivity contribution in [3.63, 3.8) is 0 Å². The highest BCUT2D eigenvalue weighted by Gasteiger charge is 2.02. The molecule has 0 saturated heterocycles. The Morgan fingerprint density at radius 2 is 1.77 bits per heavy atom. The van der Waals surface area contributed by atoms with Gasteiger partial charge in [-0.3, -0.25) is 0 Å². The van der Waals surface area contributed by atoms with Crippen LogP contribution in [0.25, 0.3) is 0 Å². The molecule has 0 unspecified atom stereocenters. The molecule has 0 bridgehead atoms. The maximum absolute atomic E-state index is 5.57. The van der Waals surface area contributed by atoms with Gasteiger partial charge in [-0.25, -0.2) is 0 Å². The van der Waals surface area contributed by atoms with Crippen molar-refractivity contribution in [1.29, 1.82) is 0 Å². The smallest absolute Gasteiger partial charge is 0.0591 e. The van der Waals surface area contributed by atoms with Crippen molar-refractivity contribution in [2.75, 3.05) is 19.8 Å². The Morgan fingerprint density at radius 1 is 1.15 bits per heavy atom. The highest BCUT2D eigenvalue weighted by Crippen LogP contribution is 2.06. The third kappa shape index (κ3) is 8.26. The predicted octanol–water partition coefficient (Wildman–Crippen LogP) is 2.44. The molecule has 0 radical (unpaired) electrons. The number of nitrogens with one attached hydrogen (secondary N) is 1. The minimum Gasteiger partial charge on any atom is -0.380 e. The van der Waals surface area contributed by atoms with E-state index in [9.17, 15) is 0 Å². The summed E-state index contributed by atoms with van der Waals surface area (Å²) in [6, 6.07) is 0.566. The van der Waals surface area contributed by atoms with Gasteiger partial charge in [0.15, 0.2) is 0 Å². The van der Waals surface area contributed by atoms with Gasteiger partial charge in [-0.1, -0.05) is 40.5 Å². The zero-order chi connectivity index (χ0) is 10.1. The summed E-state index contributed by atoms with van der Waals surface area (Å²) in [6.07, 6.45) is 2.46. The van der Waals surface area contributed by atoms with Crippen LogP contribution in [0.15, 0.2) is 0 Å². The van der Waals surface area contributed by atoms with Crippen molar-refractivity contribution >= 4 is 0 Å². The fourth-order valence-electron chi connectivity index (χ4n) is 1.19. The standard InChI is InChI=1S/C11H25NO/c1-5-11(6-2)9-13-8-7-12-10(3)4/h10-12H,5-9H2,1-4H3. The molecule has 2 nitrogen and oxygen atoms in total. The van der Waals surface area contributed by atoms with Crippen molar-refractivity contribution in [3.8, 4) is 0 Å². The first kappa shape index (κ1) is 12.9. The SMILES string of the molecule is CCC(CC)COCCNC(C)C. The Morgan fingerprint density at radius 3 is 2.23 bits per heavy atom. The molecule has 0 saturated carbocycles. The first-order chi connectivity index (χ1) is 6.20. The van der Waals surface area contributed by atoms with Gasteiger partial charge in [0.2, 0.25) is 0 Å². The zero-order valence-corrected chi connectivity index (χ0v) is 9.60. The molecule has 0 aliphatic carbocycles. The van der Waals surface area contributed by atoms with Crippen LogP contribution in [0.4, 0.5) is 0 Å². The molecule has 0 spiro atoms. The van der Waals surface area contributed by atoms with Crippen LogP contribution in [-0.2, 0) is 4.74 Å². The molecular formula is C11H25NO. The van der Waals surface area contributed by atoms with Crippen LogP contribution in [0.5, 0.6) is 0 Å². The number of hydrogen-bond acceptors (Lipinski definition) is 2. The number of rotatable bonds is 8. The molecular weight excluding hydrogens is 162 g/mol. The van der Waals surface area contributed by atoms with Crippen molar-refractivity contribution in [1.82, 2.24) is 5.32 Å². The second-order valence-corrected chi connectivity index (χ2v) is 3.87. The minimum absolute atomic E-state index is 0.566. The summed E-state index contributed by atoms with van der Waals surface area (Å²) in [5.41, 5.74) is 0. The molecule has 0 heterocycles. The van der Waals surface area contributed by atoms with Crippen LogP contribution in [0, 0.1) is 5.92 Å². The van der Waals surface area contributed by atoms with E-state index in [1.54, 1.807) is 0 Å².